The molecule has 0 atom stereocenters. The van der Waals surface area contributed by atoms with Crippen LogP contribution in [0.4, 0.5) is 0 Å². The third-order valence-electron chi connectivity index (χ3n) is 5.48. The van der Waals surface area contributed by atoms with Crippen LogP contribution in [-0.2, 0) is 20.4 Å². The van der Waals surface area contributed by atoms with Crippen molar-refractivity contribution in [1.29, 1.82) is 0 Å². The largest absolute Gasteiger partial charge is 0.481 e. The van der Waals surface area contributed by atoms with Crippen LogP contribution in [0.15, 0.2) is 24.3 Å². The number of aliphatic carboxylic acids is 2. The summed E-state index contributed by atoms with van der Waals surface area (Å²) in [5, 5.41) is 20.4. The molecule has 0 fully saturated rings. The molecule has 0 amide bonds. The fourth-order valence-electron chi connectivity index (χ4n) is 4.47. The molecule has 4 heteroatoms. The molecule has 0 spiro atoms. The van der Waals surface area contributed by atoms with Crippen LogP contribution in [0.1, 0.15) is 90.2 Å². The van der Waals surface area contributed by atoms with E-state index in [1.807, 2.05) is 52.0 Å². The van der Waals surface area contributed by atoms with Crippen molar-refractivity contribution in [3.63, 3.8) is 0 Å². The van der Waals surface area contributed by atoms with Crippen LogP contribution >= 0.6 is 0 Å². The first-order chi connectivity index (χ1) is 12.4. The van der Waals surface area contributed by atoms with E-state index in [2.05, 4.69) is 0 Å². The van der Waals surface area contributed by atoms with Crippen LogP contribution < -0.4 is 0 Å². The van der Waals surface area contributed by atoms with Gasteiger partial charge < -0.3 is 10.2 Å². The van der Waals surface area contributed by atoms with Gasteiger partial charge in [0.2, 0.25) is 0 Å². The Morgan fingerprint density at radius 2 is 0.962 bits per heavy atom. The topological polar surface area (TPSA) is 74.6 Å². The van der Waals surface area contributed by atoms with Gasteiger partial charge >= 0.3 is 11.9 Å². The lowest BCUT2D eigenvalue weighted by Gasteiger charge is -2.38. The summed E-state index contributed by atoms with van der Waals surface area (Å²) in [5.74, 6) is -1.69. The number of carboxylic acid groups (broad SMARTS) is 2. The van der Waals surface area contributed by atoms with E-state index in [1.165, 1.54) is 0 Å². The van der Waals surface area contributed by atoms with E-state index in [0.717, 1.165) is 25.7 Å². The molecule has 146 valence electrons. The zero-order valence-corrected chi connectivity index (χ0v) is 16.7. The molecular formula is C22H34O4. The highest BCUT2D eigenvalue weighted by molar-refractivity contribution is 5.86. The first kappa shape index (κ1) is 22.2. The third-order valence-corrected chi connectivity index (χ3v) is 5.48. The molecular weight excluding hydrogens is 328 g/mol. The van der Waals surface area contributed by atoms with Crippen molar-refractivity contribution in [3.05, 3.63) is 35.4 Å². The number of carboxylic acids is 2. The van der Waals surface area contributed by atoms with E-state index >= 15 is 0 Å². The molecule has 0 saturated heterocycles. The maximum absolute atomic E-state index is 12.4. The smallest absolute Gasteiger partial charge is 0.314 e. The van der Waals surface area contributed by atoms with Crippen molar-refractivity contribution in [1.82, 2.24) is 0 Å². The molecule has 1 rings (SSSR count). The number of hydrogen-bond donors (Lipinski definition) is 2. The number of hydrogen-bond acceptors (Lipinski definition) is 2. The zero-order valence-electron chi connectivity index (χ0n) is 16.7. The maximum atomic E-state index is 12.4. The number of benzene rings is 1. The van der Waals surface area contributed by atoms with Crippen molar-refractivity contribution < 1.29 is 19.8 Å². The predicted octanol–water partition coefficient (Wildman–Crippen LogP) is 5.53. The molecule has 0 saturated carbocycles. The maximum Gasteiger partial charge on any atom is 0.314 e. The second kappa shape index (κ2) is 9.75. The molecule has 4 nitrogen and oxygen atoms in total. The van der Waals surface area contributed by atoms with Gasteiger partial charge in [0.1, 0.15) is 0 Å². The van der Waals surface area contributed by atoms with Gasteiger partial charge in [-0.3, -0.25) is 9.59 Å². The van der Waals surface area contributed by atoms with Gasteiger partial charge in [-0.1, -0.05) is 77.6 Å². The summed E-state index contributed by atoms with van der Waals surface area (Å²) in [6, 6.07) is 7.37. The van der Waals surface area contributed by atoms with Crippen LogP contribution in [0, 0.1) is 0 Å². The lowest BCUT2D eigenvalue weighted by Crippen LogP contribution is -2.42. The van der Waals surface area contributed by atoms with Crippen LogP contribution in [0.25, 0.3) is 0 Å². The number of rotatable bonds is 12. The van der Waals surface area contributed by atoms with E-state index in [4.69, 9.17) is 0 Å². The second-order valence-corrected chi connectivity index (χ2v) is 7.32. The van der Waals surface area contributed by atoms with Gasteiger partial charge in [-0.25, -0.2) is 0 Å². The highest BCUT2D eigenvalue weighted by Crippen LogP contribution is 2.44. The van der Waals surface area contributed by atoms with Crippen LogP contribution in [-0.4, -0.2) is 22.2 Å². The average molecular weight is 363 g/mol. The normalized spacial score (nSPS) is 12.2. The quantitative estimate of drug-likeness (QED) is 0.512. The van der Waals surface area contributed by atoms with E-state index < -0.39 is 22.8 Å². The van der Waals surface area contributed by atoms with Gasteiger partial charge in [0.05, 0.1) is 10.8 Å². The van der Waals surface area contributed by atoms with Crippen molar-refractivity contribution in [2.45, 2.75) is 89.9 Å². The third kappa shape index (κ3) is 4.11. The SMILES string of the molecule is CCCC(CCC)(C(=O)O)c1ccccc1C(CCC)(CCC)C(=O)O. The summed E-state index contributed by atoms with van der Waals surface area (Å²) in [7, 11) is 0. The first-order valence-corrected chi connectivity index (χ1v) is 9.93. The molecule has 0 aliphatic rings. The fraction of sp³-hybridized carbons (Fsp3) is 0.636. The number of carbonyl (C=O) groups is 2. The van der Waals surface area contributed by atoms with E-state index in [-0.39, 0.29) is 0 Å². The Balaban J connectivity index is 3.79. The molecule has 0 bridgehead atoms. The summed E-state index contributed by atoms with van der Waals surface area (Å²) >= 11 is 0. The van der Waals surface area contributed by atoms with E-state index in [0.29, 0.717) is 36.8 Å². The molecule has 1 aromatic rings. The highest BCUT2D eigenvalue weighted by Gasteiger charge is 2.46. The fourth-order valence-corrected chi connectivity index (χ4v) is 4.47. The molecule has 1 aromatic carbocycles. The van der Waals surface area contributed by atoms with Gasteiger partial charge in [-0.2, -0.15) is 0 Å². The van der Waals surface area contributed by atoms with Gasteiger partial charge in [-0.15, -0.1) is 0 Å². The molecule has 0 radical (unpaired) electrons. The van der Waals surface area contributed by atoms with Crippen LogP contribution in [0.5, 0.6) is 0 Å². The lowest BCUT2D eigenvalue weighted by atomic mass is 9.64. The molecule has 0 aliphatic carbocycles. The van der Waals surface area contributed by atoms with Crippen LogP contribution in [0.2, 0.25) is 0 Å². The highest BCUT2D eigenvalue weighted by atomic mass is 16.4. The minimum Gasteiger partial charge on any atom is -0.481 e. The Labute approximate surface area is 157 Å². The Morgan fingerprint density at radius 3 is 1.15 bits per heavy atom. The Hall–Kier alpha value is -1.84. The van der Waals surface area contributed by atoms with Crippen molar-refractivity contribution in [3.8, 4) is 0 Å². The van der Waals surface area contributed by atoms with Crippen molar-refractivity contribution in [2.75, 3.05) is 0 Å². The van der Waals surface area contributed by atoms with Gasteiger partial charge in [-0.05, 0) is 36.8 Å². The molecule has 26 heavy (non-hydrogen) atoms. The van der Waals surface area contributed by atoms with Gasteiger partial charge in [0.25, 0.3) is 0 Å². The summed E-state index contributed by atoms with van der Waals surface area (Å²) in [6.07, 6.45) is 5.01. The predicted molar refractivity (Wildman–Crippen MR) is 105 cm³/mol. The van der Waals surface area contributed by atoms with Crippen molar-refractivity contribution >= 4 is 11.9 Å². The Bertz CT molecular complexity index is 541. The molecule has 0 heterocycles. The van der Waals surface area contributed by atoms with Crippen molar-refractivity contribution in [2.24, 2.45) is 0 Å². The lowest BCUT2D eigenvalue weighted by molar-refractivity contribution is -0.146. The van der Waals surface area contributed by atoms with Gasteiger partial charge in [0.15, 0.2) is 0 Å². The zero-order chi connectivity index (χ0) is 19.8. The Morgan fingerprint density at radius 1 is 0.692 bits per heavy atom. The average Bonchev–Trinajstić information content (AvgIpc) is 2.60. The monoisotopic (exact) mass is 362 g/mol. The Kier molecular flexibility index (Phi) is 8.32. The van der Waals surface area contributed by atoms with E-state index in [9.17, 15) is 19.8 Å². The summed E-state index contributed by atoms with van der Waals surface area (Å²) < 4.78 is 0. The standard InChI is InChI=1S/C22H34O4/c1-5-13-21(14-6-2,19(23)24)17-11-9-10-12-18(17)22(15-7-3,16-8-4)20(25)26/h9-12H,5-8,13-16H2,1-4H3,(H,23,24)(H,25,26). The second-order valence-electron chi connectivity index (χ2n) is 7.32. The summed E-state index contributed by atoms with van der Waals surface area (Å²) in [6.45, 7) is 7.94. The van der Waals surface area contributed by atoms with Gasteiger partial charge in [0, 0.05) is 0 Å². The summed E-state index contributed by atoms with van der Waals surface area (Å²) in [4.78, 5) is 24.8. The molecule has 0 unspecified atom stereocenters. The summed E-state index contributed by atoms with van der Waals surface area (Å²) in [5.41, 5.74) is -0.661. The molecule has 0 aliphatic heterocycles. The molecule has 2 N–H and O–H groups in total. The van der Waals surface area contributed by atoms with Crippen LogP contribution in [0.3, 0.4) is 0 Å². The minimum atomic E-state index is -1.03. The first-order valence-electron chi connectivity index (χ1n) is 9.93. The molecule has 0 aromatic heterocycles. The minimum absolute atomic E-state index is 0.515. The van der Waals surface area contributed by atoms with E-state index in [1.54, 1.807) is 0 Å².